The highest BCUT2D eigenvalue weighted by Gasteiger charge is 2.15. The van der Waals surface area contributed by atoms with E-state index < -0.39 is 5.97 Å². The van der Waals surface area contributed by atoms with Crippen molar-refractivity contribution in [2.24, 2.45) is 0 Å². The summed E-state index contributed by atoms with van der Waals surface area (Å²) in [5, 5.41) is 9.13. The maximum atomic E-state index is 11.8. The predicted octanol–water partition coefficient (Wildman–Crippen LogP) is 1.26. The molecule has 20 heavy (non-hydrogen) atoms. The summed E-state index contributed by atoms with van der Waals surface area (Å²) in [5.74, 6) is -0.509. The van der Waals surface area contributed by atoms with Crippen LogP contribution in [-0.4, -0.2) is 54.1 Å². The fraction of sp³-hybridized carbons (Fsp3) is 0.500. The third-order valence-corrected chi connectivity index (χ3v) is 3.00. The van der Waals surface area contributed by atoms with Crippen molar-refractivity contribution in [3.05, 3.63) is 23.4 Å². The van der Waals surface area contributed by atoms with Crippen LogP contribution >= 0.6 is 0 Å². The third-order valence-electron chi connectivity index (χ3n) is 3.00. The molecule has 1 rings (SSSR count). The molecule has 1 N–H and O–H groups in total. The number of carbonyl (C=O) groups excluding carboxylic acids is 1. The summed E-state index contributed by atoms with van der Waals surface area (Å²) in [6.45, 7) is 4.59. The molecule has 110 valence electrons. The molecule has 6 nitrogen and oxygen atoms in total. The lowest BCUT2D eigenvalue weighted by molar-refractivity contribution is -0.127. The molecule has 0 aliphatic heterocycles. The number of aromatic nitrogens is 1. The first-order chi connectivity index (χ1) is 9.38. The number of aryl methyl sites for hydroxylation is 1. The predicted molar refractivity (Wildman–Crippen MR) is 77.2 cm³/mol. The number of nitrogens with zero attached hydrogens (tertiary/aromatic N) is 3. The molecule has 1 aromatic rings. The number of amides is 1. The number of hydrogen-bond donors (Lipinski definition) is 1. The SMILES string of the molecule is CCc1cc(C(=O)O)cc(N(CC)CC(=O)N(C)C)n1. The third kappa shape index (κ3) is 3.94. The first kappa shape index (κ1) is 15.9. The van der Waals surface area contributed by atoms with E-state index in [0.717, 1.165) is 0 Å². The molecular weight excluding hydrogens is 258 g/mol. The largest absolute Gasteiger partial charge is 0.478 e. The van der Waals surface area contributed by atoms with Gasteiger partial charge in [-0.25, -0.2) is 9.78 Å². The number of likely N-dealkylation sites (N-methyl/N-ethyl adjacent to an activating group) is 2. The number of carbonyl (C=O) groups is 2. The van der Waals surface area contributed by atoms with Gasteiger partial charge in [-0.1, -0.05) is 6.92 Å². The van der Waals surface area contributed by atoms with Crippen molar-refractivity contribution in [2.75, 3.05) is 32.1 Å². The molecule has 1 aromatic heterocycles. The van der Waals surface area contributed by atoms with Crippen LogP contribution in [0.2, 0.25) is 0 Å². The molecule has 0 aliphatic carbocycles. The van der Waals surface area contributed by atoms with E-state index >= 15 is 0 Å². The average molecular weight is 279 g/mol. The molecule has 0 atom stereocenters. The number of carboxylic acids is 1. The molecule has 0 aliphatic rings. The summed E-state index contributed by atoms with van der Waals surface area (Å²) < 4.78 is 0. The lowest BCUT2D eigenvalue weighted by Gasteiger charge is -2.24. The second kappa shape index (κ2) is 6.88. The first-order valence-corrected chi connectivity index (χ1v) is 6.58. The van der Waals surface area contributed by atoms with Crippen LogP contribution in [0.1, 0.15) is 29.9 Å². The Morgan fingerprint density at radius 3 is 2.35 bits per heavy atom. The molecular formula is C14H21N3O3. The van der Waals surface area contributed by atoms with Gasteiger partial charge in [-0.15, -0.1) is 0 Å². The Morgan fingerprint density at radius 1 is 1.25 bits per heavy atom. The maximum Gasteiger partial charge on any atom is 0.335 e. The normalized spacial score (nSPS) is 10.2. The van der Waals surface area contributed by atoms with Crippen molar-refractivity contribution in [2.45, 2.75) is 20.3 Å². The van der Waals surface area contributed by atoms with Gasteiger partial charge in [0.25, 0.3) is 0 Å². The summed E-state index contributed by atoms with van der Waals surface area (Å²) in [5.41, 5.74) is 0.901. The van der Waals surface area contributed by atoms with Gasteiger partial charge in [-0.05, 0) is 25.5 Å². The standard InChI is InChI=1S/C14H21N3O3/c1-5-11-7-10(14(19)20)8-12(15-11)17(6-2)9-13(18)16(3)4/h7-8H,5-6,9H2,1-4H3,(H,19,20). The smallest absolute Gasteiger partial charge is 0.335 e. The van der Waals surface area contributed by atoms with Crippen LogP contribution in [0.25, 0.3) is 0 Å². The van der Waals surface area contributed by atoms with Crippen LogP contribution in [0, 0.1) is 0 Å². The number of carboxylic acid groups (broad SMARTS) is 1. The average Bonchev–Trinajstić information content (AvgIpc) is 2.43. The molecule has 0 saturated heterocycles. The van der Waals surface area contributed by atoms with E-state index in [9.17, 15) is 9.59 Å². The second-order valence-corrected chi connectivity index (χ2v) is 4.67. The quantitative estimate of drug-likeness (QED) is 0.848. The van der Waals surface area contributed by atoms with Crippen molar-refractivity contribution in [1.82, 2.24) is 9.88 Å². The lowest BCUT2D eigenvalue weighted by atomic mass is 10.2. The zero-order valence-electron chi connectivity index (χ0n) is 12.4. The van der Waals surface area contributed by atoms with Crippen LogP contribution in [0.15, 0.2) is 12.1 Å². The number of anilines is 1. The van der Waals surface area contributed by atoms with E-state index in [2.05, 4.69) is 4.98 Å². The van der Waals surface area contributed by atoms with Crippen LogP contribution < -0.4 is 4.90 Å². The second-order valence-electron chi connectivity index (χ2n) is 4.67. The molecule has 1 amide bonds. The summed E-state index contributed by atoms with van der Waals surface area (Å²) in [6.07, 6.45) is 0.646. The molecule has 0 radical (unpaired) electrons. The van der Waals surface area contributed by atoms with Gasteiger partial charge in [0.05, 0.1) is 12.1 Å². The van der Waals surface area contributed by atoms with Gasteiger partial charge in [0, 0.05) is 26.3 Å². The lowest BCUT2D eigenvalue weighted by Crippen LogP contribution is -2.37. The first-order valence-electron chi connectivity index (χ1n) is 6.58. The highest BCUT2D eigenvalue weighted by Crippen LogP contribution is 2.16. The van der Waals surface area contributed by atoms with E-state index in [0.29, 0.717) is 24.5 Å². The van der Waals surface area contributed by atoms with Crippen molar-refractivity contribution in [3.8, 4) is 0 Å². The molecule has 0 spiro atoms. The Kier molecular flexibility index (Phi) is 5.49. The van der Waals surface area contributed by atoms with Gasteiger partial charge in [-0.2, -0.15) is 0 Å². The molecule has 0 saturated carbocycles. The van der Waals surface area contributed by atoms with E-state index in [1.807, 2.05) is 13.8 Å². The van der Waals surface area contributed by atoms with Crippen LogP contribution in [-0.2, 0) is 11.2 Å². The van der Waals surface area contributed by atoms with Gasteiger partial charge in [0.1, 0.15) is 5.82 Å². The van der Waals surface area contributed by atoms with Crippen molar-refractivity contribution >= 4 is 17.7 Å². The van der Waals surface area contributed by atoms with Crippen molar-refractivity contribution in [1.29, 1.82) is 0 Å². The van der Waals surface area contributed by atoms with E-state index in [4.69, 9.17) is 5.11 Å². The molecule has 1 heterocycles. The van der Waals surface area contributed by atoms with Crippen molar-refractivity contribution in [3.63, 3.8) is 0 Å². The van der Waals surface area contributed by atoms with E-state index in [-0.39, 0.29) is 18.0 Å². The summed E-state index contributed by atoms with van der Waals surface area (Å²) in [4.78, 5) is 30.6. The minimum absolute atomic E-state index is 0.0487. The number of rotatable bonds is 6. The van der Waals surface area contributed by atoms with Crippen LogP contribution in [0.5, 0.6) is 0 Å². The maximum absolute atomic E-state index is 11.8. The van der Waals surface area contributed by atoms with Gasteiger partial charge < -0.3 is 14.9 Å². The Balaban J connectivity index is 3.10. The van der Waals surface area contributed by atoms with Gasteiger partial charge in [0.2, 0.25) is 5.91 Å². The van der Waals surface area contributed by atoms with E-state index in [1.54, 1.807) is 25.1 Å². The Hall–Kier alpha value is -2.11. The van der Waals surface area contributed by atoms with Crippen LogP contribution in [0.3, 0.4) is 0 Å². The minimum atomic E-state index is -0.988. The Bertz CT molecular complexity index is 500. The minimum Gasteiger partial charge on any atom is -0.478 e. The summed E-state index contributed by atoms with van der Waals surface area (Å²) >= 11 is 0. The molecule has 0 aromatic carbocycles. The number of hydrogen-bond acceptors (Lipinski definition) is 4. The van der Waals surface area contributed by atoms with E-state index in [1.165, 1.54) is 11.0 Å². The van der Waals surface area contributed by atoms with Crippen LogP contribution in [0.4, 0.5) is 5.82 Å². The molecule has 0 bridgehead atoms. The topological polar surface area (TPSA) is 73.7 Å². The Morgan fingerprint density at radius 2 is 1.90 bits per heavy atom. The van der Waals surface area contributed by atoms with Gasteiger partial charge in [-0.3, -0.25) is 4.79 Å². The van der Waals surface area contributed by atoms with Gasteiger partial charge in [0.15, 0.2) is 0 Å². The Labute approximate surface area is 119 Å². The fourth-order valence-electron chi connectivity index (χ4n) is 1.70. The highest BCUT2D eigenvalue weighted by molar-refractivity contribution is 5.89. The monoisotopic (exact) mass is 279 g/mol. The highest BCUT2D eigenvalue weighted by atomic mass is 16.4. The van der Waals surface area contributed by atoms with Crippen molar-refractivity contribution < 1.29 is 14.7 Å². The zero-order chi connectivity index (χ0) is 15.3. The number of aromatic carboxylic acids is 1. The molecule has 0 unspecified atom stereocenters. The summed E-state index contributed by atoms with van der Waals surface area (Å²) in [7, 11) is 3.38. The number of pyridine rings is 1. The summed E-state index contributed by atoms with van der Waals surface area (Å²) in [6, 6.07) is 3.07. The fourth-order valence-corrected chi connectivity index (χ4v) is 1.70. The molecule has 6 heteroatoms. The van der Waals surface area contributed by atoms with Gasteiger partial charge >= 0.3 is 5.97 Å². The zero-order valence-corrected chi connectivity index (χ0v) is 12.4. The molecule has 0 fully saturated rings.